The number of nitrogens with one attached hydrogen (secondary N) is 1. The lowest BCUT2D eigenvalue weighted by Crippen LogP contribution is -2.40. The van der Waals surface area contributed by atoms with Crippen LogP contribution in [-0.2, 0) is 14.8 Å². The van der Waals surface area contributed by atoms with Crippen molar-refractivity contribution in [1.82, 2.24) is 4.72 Å². The Morgan fingerprint density at radius 3 is 2.43 bits per heavy atom. The van der Waals surface area contributed by atoms with Crippen LogP contribution in [0.4, 0.5) is 0 Å². The van der Waals surface area contributed by atoms with Crippen LogP contribution in [0.25, 0.3) is 11.0 Å². The Bertz CT molecular complexity index is 1200. The van der Waals surface area contributed by atoms with E-state index in [9.17, 15) is 18.0 Å². The standard InChI is InChI=1S/C20H19NO6S/c1-12-4-7-16(8-5-12)28(24,25)21-14(3)20(23)26-15-6-9-17-13(2)10-19(22)27-18(17)11-15/h4-11,14,21H,1-3H3. The van der Waals surface area contributed by atoms with Crippen molar-refractivity contribution in [1.29, 1.82) is 0 Å². The van der Waals surface area contributed by atoms with Gasteiger partial charge in [-0.1, -0.05) is 17.7 Å². The van der Waals surface area contributed by atoms with Gasteiger partial charge >= 0.3 is 11.6 Å². The molecule has 0 fully saturated rings. The number of ether oxygens (including phenoxy) is 1. The number of sulfonamides is 1. The second kappa shape index (κ2) is 7.57. The Morgan fingerprint density at radius 1 is 1.07 bits per heavy atom. The lowest BCUT2D eigenvalue weighted by molar-refractivity contribution is -0.135. The van der Waals surface area contributed by atoms with Crippen molar-refractivity contribution < 1.29 is 22.4 Å². The molecule has 7 nitrogen and oxygen atoms in total. The van der Waals surface area contributed by atoms with E-state index in [0.717, 1.165) is 11.1 Å². The van der Waals surface area contributed by atoms with Crippen LogP contribution < -0.4 is 15.1 Å². The molecule has 1 aromatic heterocycles. The van der Waals surface area contributed by atoms with Crippen LogP contribution in [-0.4, -0.2) is 20.4 Å². The van der Waals surface area contributed by atoms with Gasteiger partial charge in [-0.15, -0.1) is 0 Å². The second-order valence-corrected chi connectivity index (χ2v) is 8.20. The molecule has 3 aromatic rings. The zero-order chi connectivity index (χ0) is 20.5. The molecule has 3 rings (SSSR count). The Labute approximate surface area is 162 Å². The minimum absolute atomic E-state index is 0.0562. The van der Waals surface area contributed by atoms with E-state index in [4.69, 9.17) is 9.15 Å². The van der Waals surface area contributed by atoms with Gasteiger partial charge in [0.2, 0.25) is 10.0 Å². The molecular formula is C20H19NO6S. The third kappa shape index (κ3) is 4.29. The van der Waals surface area contributed by atoms with Gasteiger partial charge in [0.25, 0.3) is 0 Å². The minimum Gasteiger partial charge on any atom is -0.425 e. The normalized spacial score (nSPS) is 12.7. The van der Waals surface area contributed by atoms with Crippen molar-refractivity contribution in [3.05, 3.63) is 70.1 Å². The highest BCUT2D eigenvalue weighted by Crippen LogP contribution is 2.22. The van der Waals surface area contributed by atoms with E-state index in [1.54, 1.807) is 31.2 Å². The fourth-order valence-corrected chi connectivity index (χ4v) is 3.83. The van der Waals surface area contributed by atoms with Gasteiger partial charge < -0.3 is 9.15 Å². The molecule has 28 heavy (non-hydrogen) atoms. The van der Waals surface area contributed by atoms with Crippen molar-refractivity contribution in [2.24, 2.45) is 0 Å². The molecule has 0 saturated heterocycles. The number of carbonyl (C=O) groups excluding carboxylic acids is 1. The molecule has 2 aromatic carbocycles. The molecule has 1 N–H and O–H groups in total. The topological polar surface area (TPSA) is 103 Å². The average molecular weight is 401 g/mol. The van der Waals surface area contributed by atoms with E-state index in [1.165, 1.54) is 31.2 Å². The van der Waals surface area contributed by atoms with Crippen molar-refractivity contribution >= 4 is 27.0 Å². The number of hydrogen-bond donors (Lipinski definition) is 1. The summed E-state index contributed by atoms with van der Waals surface area (Å²) in [5.41, 5.74) is 1.43. The average Bonchev–Trinajstić information content (AvgIpc) is 2.61. The molecule has 8 heteroatoms. The zero-order valence-electron chi connectivity index (χ0n) is 15.6. The first kappa shape index (κ1) is 19.8. The predicted molar refractivity (Wildman–Crippen MR) is 104 cm³/mol. The van der Waals surface area contributed by atoms with Crippen molar-refractivity contribution in [3.63, 3.8) is 0 Å². The summed E-state index contributed by atoms with van der Waals surface area (Å²) in [6, 6.07) is 11.1. The van der Waals surface area contributed by atoms with Gasteiger partial charge in [0.1, 0.15) is 17.4 Å². The van der Waals surface area contributed by atoms with Crippen LogP contribution in [0.1, 0.15) is 18.1 Å². The minimum atomic E-state index is -3.87. The molecule has 146 valence electrons. The third-order valence-corrected chi connectivity index (χ3v) is 5.71. The summed E-state index contributed by atoms with van der Waals surface area (Å²) in [4.78, 5) is 23.9. The molecule has 0 spiro atoms. The van der Waals surface area contributed by atoms with Crippen LogP contribution in [0.5, 0.6) is 5.75 Å². The fraction of sp³-hybridized carbons (Fsp3) is 0.200. The molecule has 0 radical (unpaired) electrons. The summed E-state index contributed by atoms with van der Waals surface area (Å²) in [6.07, 6.45) is 0. The van der Waals surface area contributed by atoms with Crippen LogP contribution in [0.15, 0.2) is 62.6 Å². The molecule has 0 aliphatic carbocycles. The van der Waals surface area contributed by atoms with Crippen LogP contribution >= 0.6 is 0 Å². The molecule has 1 unspecified atom stereocenters. The summed E-state index contributed by atoms with van der Waals surface area (Å²) < 4.78 is 37.4. The molecule has 0 aliphatic rings. The molecule has 0 aliphatic heterocycles. The molecule has 1 heterocycles. The van der Waals surface area contributed by atoms with Gasteiger partial charge in [0.15, 0.2) is 0 Å². The summed E-state index contributed by atoms with van der Waals surface area (Å²) in [6.45, 7) is 5.00. The number of carbonyl (C=O) groups is 1. The SMILES string of the molecule is Cc1ccc(S(=O)(=O)NC(C)C(=O)Oc2ccc3c(C)cc(=O)oc3c2)cc1. The Hall–Kier alpha value is -2.97. The van der Waals surface area contributed by atoms with Crippen molar-refractivity contribution in [2.45, 2.75) is 31.7 Å². The largest absolute Gasteiger partial charge is 0.425 e. The first-order valence-electron chi connectivity index (χ1n) is 8.51. The lowest BCUT2D eigenvalue weighted by Gasteiger charge is -2.14. The highest BCUT2D eigenvalue weighted by atomic mass is 32.2. The van der Waals surface area contributed by atoms with E-state index in [-0.39, 0.29) is 16.2 Å². The highest BCUT2D eigenvalue weighted by Gasteiger charge is 2.23. The number of esters is 1. The van der Waals surface area contributed by atoms with E-state index < -0.39 is 27.7 Å². The van der Waals surface area contributed by atoms with Crippen molar-refractivity contribution in [3.8, 4) is 5.75 Å². The fourth-order valence-electron chi connectivity index (χ4n) is 2.64. The summed E-state index contributed by atoms with van der Waals surface area (Å²) in [7, 11) is -3.87. The quantitative estimate of drug-likeness (QED) is 0.401. The third-order valence-electron chi connectivity index (χ3n) is 4.16. The van der Waals surface area contributed by atoms with Gasteiger partial charge in [-0.05, 0) is 50.6 Å². The lowest BCUT2D eigenvalue weighted by atomic mass is 10.1. The van der Waals surface area contributed by atoms with E-state index in [1.807, 2.05) is 6.92 Å². The molecule has 0 saturated carbocycles. The first-order chi connectivity index (χ1) is 13.2. The van der Waals surface area contributed by atoms with Gasteiger partial charge in [0.05, 0.1) is 4.90 Å². The maximum atomic E-state index is 12.4. The number of fused-ring (bicyclic) bond motifs is 1. The van der Waals surface area contributed by atoms with Gasteiger partial charge in [-0.3, -0.25) is 0 Å². The summed E-state index contributed by atoms with van der Waals surface area (Å²) in [5, 5.41) is 0.715. The van der Waals surface area contributed by atoms with Gasteiger partial charge in [-0.2, -0.15) is 4.72 Å². The smallest absolute Gasteiger partial charge is 0.336 e. The number of aryl methyl sites for hydroxylation is 2. The predicted octanol–water partition coefficient (Wildman–Crippen LogP) is 2.68. The van der Waals surface area contributed by atoms with Crippen LogP contribution in [0, 0.1) is 13.8 Å². The molecule has 1 atom stereocenters. The number of benzene rings is 2. The molecular weight excluding hydrogens is 382 g/mol. The van der Waals surface area contributed by atoms with E-state index in [0.29, 0.717) is 5.39 Å². The molecule has 0 bridgehead atoms. The Kier molecular flexibility index (Phi) is 5.35. The Morgan fingerprint density at radius 2 is 1.75 bits per heavy atom. The monoisotopic (exact) mass is 401 g/mol. The summed E-state index contributed by atoms with van der Waals surface area (Å²) >= 11 is 0. The van der Waals surface area contributed by atoms with Crippen LogP contribution in [0.2, 0.25) is 0 Å². The van der Waals surface area contributed by atoms with E-state index >= 15 is 0 Å². The summed E-state index contributed by atoms with van der Waals surface area (Å²) in [5.74, 6) is -0.641. The maximum absolute atomic E-state index is 12.4. The van der Waals surface area contributed by atoms with Gasteiger partial charge in [-0.25, -0.2) is 18.0 Å². The maximum Gasteiger partial charge on any atom is 0.336 e. The number of rotatable bonds is 5. The number of hydrogen-bond acceptors (Lipinski definition) is 6. The Balaban J connectivity index is 1.76. The highest BCUT2D eigenvalue weighted by molar-refractivity contribution is 7.89. The van der Waals surface area contributed by atoms with E-state index in [2.05, 4.69) is 4.72 Å². The van der Waals surface area contributed by atoms with Crippen LogP contribution in [0.3, 0.4) is 0 Å². The molecule has 0 amide bonds. The second-order valence-electron chi connectivity index (χ2n) is 6.48. The van der Waals surface area contributed by atoms with Crippen molar-refractivity contribution in [2.75, 3.05) is 0 Å². The zero-order valence-corrected chi connectivity index (χ0v) is 16.4. The van der Waals surface area contributed by atoms with Gasteiger partial charge in [0, 0.05) is 17.5 Å². The first-order valence-corrected chi connectivity index (χ1v) is 9.99.